The van der Waals surface area contributed by atoms with Crippen molar-refractivity contribution < 1.29 is 13.5 Å². The number of aromatic nitrogens is 2. The average molecular weight is 423 g/mol. The lowest BCUT2D eigenvalue weighted by Gasteiger charge is -2.30. The number of methoxy groups -OCH3 is 1. The Balaban J connectivity index is 1.74. The van der Waals surface area contributed by atoms with E-state index in [0.717, 1.165) is 31.1 Å². The molecule has 4 rings (SSSR count). The molecule has 3 heterocycles. The lowest BCUT2D eigenvalue weighted by Crippen LogP contribution is -2.36. The van der Waals surface area contributed by atoms with E-state index in [4.69, 9.17) is 10.5 Å². The molecule has 0 amide bonds. The second-order valence-electron chi connectivity index (χ2n) is 7.03. The number of ether oxygens (including phenoxy) is 1. The van der Waals surface area contributed by atoms with Crippen molar-refractivity contribution in [1.82, 2.24) is 15.1 Å². The van der Waals surface area contributed by atoms with Gasteiger partial charge in [0.25, 0.3) is 0 Å². The lowest BCUT2D eigenvalue weighted by atomic mass is 10.1. The van der Waals surface area contributed by atoms with E-state index in [1.165, 1.54) is 30.0 Å². The summed E-state index contributed by atoms with van der Waals surface area (Å²) >= 11 is 1.22. The molecular weight excluding hydrogens is 398 g/mol. The van der Waals surface area contributed by atoms with Crippen LogP contribution < -0.4 is 20.9 Å². The van der Waals surface area contributed by atoms with Gasteiger partial charge in [0.1, 0.15) is 22.7 Å². The van der Waals surface area contributed by atoms with E-state index in [-0.39, 0.29) is 11.7 Å². The molecule has 29 heavy (non-hydrogen) atoms. The Bertz CT molecular complexity index is 900. The van der Waals surface area contributed by atoms with Gasteiger partial charge in [-0.3, -0.25) is 4.68 Å². The van der Waals surface area contributed by atoms with Crippen LogP contribution in [0.2, 0.25) is 0 Å². The van der Waals surface area contributed by atoms with Gasteiger partial charge in [0, 0.05) is 46.5 Å². The van der Waals surface area contributed by atoms with Crippen LogP contribution in [0.3, 0.4) is 0 Å². The second kappa shape index (κ2) is 8.21. The molecule has 0 saturated carbocycles. The first-order chi connectivity index (χ1) is 14.0. The van der Waals surface area contributed by atoms with Crippen molar-refractivity contribution in [1.29, 1.82) is 0 Å². The topological polar surface area (TPSA) is 71.6 Å². The van der Waals surface area contributed by atoms with E-state index in [1.807, 2.05) is 7.05 Å². The van der Waals surface area contributed by atoms with Crippen LogP contribution in [0.15, 0.2) is 35.6 Å². The van der Waals surface area contributed by atoms with E-state index in [0.29, 0.717) is 11.6 Å². The minimum atomic E-state index is -0.650. The zero-order valence-corrected chi connectivity index (χ0v) is 17.1. The first kappa shape index (κ1) is 20.0. The third kappa shape index (κ3) is 3.79. The molecule has 1 aromatic heterocycles. The maximum absolute atomic E-state index is 14.5. The third-order valence-corrected chi connectivity index (χ3v) is 6.23. The molecule has 1 saturated heterocycles. The summed E-state index contributed by atoms with van der Waals surface area (Å²) in [6, 6.07) is 3.89. The number of nitrogens with zero attached hydrogens (tertiary/aromatic N) is 4. The summed E-state index contributed by atoms with van der Waals surface area (Å²) in [5.74, 6) is -0.344. The highest BCUT2D eigenvalue weighted by Gasteiger charge is 2.35. The van der Waals surface area contributed by atoms with Gasteiger partial charge in [-0.25, -0.2) is 8.78 Å². The molecule has 0 spiro atoms. The number of halogens is 2. The van der Waals surface area contributed by atoms with Gasteiger partial charge in [-0.2, -0.15) is 5.10 Å². The van der Waals surface area contributed by atoms with Crippen LogP contribution in [0.25, 0.3) is 0 Å². The quantitative estimate of drug-likeness (QED) is 0.782. The molecule has 156 valence electrons. The van der Waals surface area contributed by atoms with Crippen molar-refractivity contribution in [3.05, 3.63) is 52.8 Å². The van der Waals surface area contributed by atoms with Gasteiger partial charge in [0.15, 0.2) is 5.82 Å². The van der Waals surface area contributed by atoms with Crippen LogP contribution in [0, 0.1) is 11.6 Å². The van der Waals surface area contributed by atoms with Crippen LogP contribution in [0.4, 0.5) is 20.3 Å². The summed E-state index contributed by atoms with van der Waals surface area (Å²) in [4.78, 5) is 3.97. The van der Waals surface area contributed by atoms with Crippen LogP contribution in [-0.2, 0) is 11.8 Å². The van der Waals surface area contributed by atoms with E-state index in [1.54, 1.807) is 29.1 Å². The minimum absolute atomic E-state index is 0.0173. The summed E-state index contributed by atoms with van der Waals surface area (Å²) in [7, 11) is 3.55. The molecule has 3 N–H and O–H groups in total. The normalized spacial score (nSPS) is 22.7. The molecular formula is C19H24F2N6OS. The predicted octanol–water partition coefficient (Wildman–Crippen LogP) is 2.13. The maximum atomic E-state index is 14.5. The highest BCUT2D eigenvalue weighted by Crippen LogP contribution is 2.48. The summed E-state index contributed by atoms with van der Waals surface area (Å²) in [6.07, 6.45) is 3.44. The maximum Gasteiger partial charge on any atom is 0.151 e. The van der Waals surface area contributed by atoms with Crippen LogP contribution >= 0.6 is 11.8 Å². The van der Waals surface area contributed by atoms with E-state index in [2.05, 4.69) is 15.3 Å². The van der Waals surface area contributed by atoms with Gasteiger partial charge in [-0.15, -0.1) is 0 Å². The van der Waals surface area contributed by atoms with Crippen molar-refractivity contribution in [2.45, 2.75) is 11.5 Å². The second-order valence-corrected chi connectivity index (χ2v) is 8.18. The highest BCUT2D eigenvalue weighted by molar-refractivity contribution is 8.03. The summed E-state index contributed by atoms with van der Waals surface area (Å²) in [6.45, 7) is 2.98. The Morgan fingerprint density at radius 1 is 1.31 bits per heavy atom. The monoisotopic (exact) mass is 422 g/mol. The molecule has 2 aliphatic rings. The fourth-order valence-electron chi connectivity index (χ4n) is 3.76. The number of rotatable bonds is 4. The summed E-state index contributed by atoms with van der Waals surface area (Å²) in [5.41, 5.74) is 6.78. The van der Waals surface area contributed by atoms with Crippen molar-refractivity contribution in [3.8, 4) is 0 Å². The number of nitrogens with one attached hydrogen (secondary N) is 1. The number of thioether (sulfide) groups is 1. The van der Waals surface area contributed by atoms with Crippen LogP contribution in [0.1, 0.15) is 10.9 Å². The van der Waals surface area contributed by atoms with Gasteiger partial charge >= 0.3 is 0 Å². The van der Waals surface area contributed by atoms with Crippen molar-refractivity contribution in [2.75, 3.05) is 43.1 Å². The van der Waals surface area contributed by atoms with E-state index >= 15 is 0 Å². The Kier molecular flexibility index (Phi) is 5.66. The largest absolute Gasteiger partial charge is 0.392 e. The molecule has 7 nitrogen and oxygen atoms in total. The molecule has 2 aromatic rings. The first-order valence-electron chi connectivity index (χ1n) is 9.36. The molecule has 2 atom stereocenters. The molecule has 1 fully saturated rings. The predicted molar refractivity (Wildman–Crippen MR) is 111 cm³/mol. The van der Waals surface area contributed by atoms with Gasteiger partial charge in [0.05, 0.1) is 22.9 Å². The summed E-state index contributed by atoms with van der Waals surface area (Å²) in [5, 5.41) is 7.62. The number of hydrogen-bond donors (Lipinski definition) is 2. The van der Waals surface area contributed by atoms with Crippen LogP contribution in [-0.4, -0.2) is 49.2 Å². The number of hydrogen-bond acceptors (Lipinski definition) is 7. The molecule has 1 aromatic carbocycles. The molecule has 2 unspecified atom stereocenters. The molecule has 0 aliphatic carbocycles. The number of anilines is 2. The Hall–Kier alpha value is -2.30. The van der Waals surface area contributed by atoms with Crippen LogP contribution in [0.5, 0.6) is 0 Å². The van der Waals surface area contributed by atoms with Gasteiger partial charge in [-0.05, 0) is 12.1 Å². The Morgan fingerprint density at radius 2 is 2.07 bits per heavy atom. The van der Waals surface area contributed by atoms with Gasteiger partial charge < -0.3 is 25.6 Å². The first-order valence-corrected chi connectivity index (χ1v) is 10.2. The lowest BCUT2D eigenvalue weighted by molar-refractivity contribution is 0.112. The van der Waals surface area contributed by atoms with Crippen molar-refractivity contribution >= 4 is 23.3 Å². The SMILES string of the molecule is COC1CNCCN(c2c(N3C=C(N)SC3c3c(F)cccc3F)cnn2C)C1. The molecule has 10 heteroatoms. The fraction of sp³-hybridized carbons (Fsp3) is 0.421. The number of nitrogens with two attached hydrogens (primary N) is 1. The van der Waals surface area contributed by atoms with E-state index in [9.17, 15) is 8.78 Å². The number of aryl methyl sites for hydroxylation is 1. The third-order valence-electron chi connectivity index (χ3n) is 5.17. The molecule has 0 bridgehead atoms. The molecule has 0 radical (unpaired) electrons. The zero-order chi connectivity index (χ0) is 20.5. The number of benzene rings is 1. The van der Waals surface area contributed by atoms with Crippen molar-refractivity contribution in [3.63, 3.8) is 0 Å². The van der Waals surface area contributed by atoms with E-state index < -0.39 is 17.0 Å². The van der Waals surface area contributed by atoms with Gasteiger partial charge in [-0.1, -0.05) is 17.8 Å². The smallest absolute Gasteiger partial charge is 0.151 e. The van der Waals surface area contributed by atoms with Crippen molar-refractivity contribution in [2.24, 2.45) is 12.8 Å². The zero-order valence-electron chi connectivity index (χ0n) is 16.3. The Labute approximate surface area is 172 Å². The standard InChI is InChI=1S/C19H24F2N6OS/c1-25-18(26-7-6-23-8-12(10-26)28-2)15(9-24-25)27-11-16(22)29-19(27)17-13(20)4-3-5-14(17)21/h3-5,9,11-12,19,23H,6-8,10,22H2,1-2H3. The van der Waals surface area contributed by atoms with Gasteiger partial charge in [0.2, 0.25) is 0 Å². The Morgan fingerprint density at radius 3 is 2.79 bits per heavy atom. The summed E-state index contributed by atoms with van der Waals surface area (Å²) < 4.78 is 36.4. The highest BCUT2D eigenvalue weighted by atomic mass is 32.2. The fourth-order valence-corrected chi connectivity index (χ4v) is 4.82. The molecule has 2 aliphatic heterocycles. The minimum Gasteiger partial charge on any atom is -0.392 e. The average Bonchev–Trinajstić information content (AvgIpc) is 3.15.